The van der Waals surface area contributed by atoms with E-state index in [0.29, 0.717) is 19.3 Å². The Labute approximate surface area is 438 Å². The van der Waals surface area contributed by atoms with Gasteiger partial charge in [-0.15, -0.1) is 0 Å². The highest BCUT2D eigenvalue weighted by Gasteiger charge is 2.19. The van der Waals surface area contributed by atoms with Crippen LogP contribution < -0.4 is 0 Å². The molecule has 0 aliphatic heterocycles. The number of ether oxygens (including phenoxy) is 3. The SMILES string of the molecule is CC(C)CCCCCCCCCCCCCCCCCCCCC(=O)OC[C@@H](COC(=O)CCCCCCCCCCCCCCCCC(C)C)OC(=O)CCCCCCCCCCCCCC(C)C. The summed E-state index contributed by atoms with van der Waals surface area (Å²) in [5, 5.41) is 0. The molecule has 416 valence electrons. The lowest BCUT2D eigenvalue weighted by Gasteiger charge is -2.18. The van der Waals surface area contributed by atoms with Gasteiger partial charge in [0, 0.05) is 19.3 Å². The van der Waals surface area contributed by atoms with Crippen LogP contribution in [0.1, 0.15) is 356 Å². The molecule has 0 aliphatic carbocycles. The molecule has 0 amide bonds. The van der Waals surface area contributed by atoms with Crippen molar-refractivity contribution < 1.29 is 28.6 Å². The standard InChI is InChI=1S/C64H124O6/c1-58(2)50-44-38-32-26-20-15-11-9-7-8-10-12-17-23-29-35-41-47-53-62(65)68-56-61(70-64(67)55-49-43-37-31-25-19-22-28-34-40-46-52-60(5)6)57-69-63(66)54-48-42-36-30-24-18-14-13-16-21-27-33-39-45-51-59(3)4/h58-61H,7-57H2,1-6H3/t61-/m0/s1. The number of unbranched alkanes of at least 4 members (excludes halogenated alkanes) is 40. The molecule has 0 N–H and O–H groups in total. The van der Waals surface area contributed by atoms with Crippen LogP contribution in [0.3, 0.4) is 0 Å². The van der Waals surface area contributed by atoms with Crippen molar-refractivity contribution in [2.75, 3.05) is 13.2 Å². The number of rotatable bonds is 57. The molecule has 0 aromatic rings. The molecule has 0 heterocycles. The second-order valence-corrected chi connectivity index (χ2v) is 23.5. The third kappa shape index (κ3) is 57.3. The molecular formula is C64H124O6. The fourth-order valence-corrected chi connectivity index (χ4v) is 9.88. The van der Waals surface area contributed by atoms with E-state index in [9.17, 15) is 14.4 Å². The topological polar surface area (TPSA) is 78.9 Å². The van der Waals surface area contributed by atoms with Crippen molar-refractivity contribution in [2.24, 2.45) is 17.8 Å². The quantitative estimate of drug-likeness (QED) is 0.0343. The molecular weight excluding hydrogens is 865 g/mol. The molecule has 0 fully saturated rings. The van der Waals surface area contributed by atoms with Gasteiger partial charge >= 0.3 is 17.9 Å². The Kier molecular flexibility index (Phi) is 53.9. The van der Waals surface area contributed by atoms with Crippen molar-refractivity contribution >= 4 is 17.9 Å². The molecule has 0 aromatic heterocycles. The zero-order valence-electron chi connectivity index (χ0n) is 48.3. The molecule has 0 bridgehead atoms. The first-order chi connectivity index (χ1) is 34.1. The first-order valence-corrected chi connectivity index (χ1v) is 31.6. The zero-order valence-corrected chi connectivity index (χ0v) is 48.3. The molecule has 0 radical (unpaired) electrons. The van der Waals surface area contributed by atoms with Gasteiger partial charge < -0.3 is 14.2 Å². The second-order valence-electron chi connectivity index (χ2n) is 23.5. The highest BCUT2D eigenvalue weighted by molar-refractivity contribution is 5.71. The van der Waals surface area contributed by atoms with Gasteiger partial charge in [0.15, 0.2) is 6.10 Å². The molecule has 6 nitrogen and oxygen atoms in total. The largest absolute Gasteiger partial charge is 0.462 e. The number of esters is 3. The lowest BCUT2D eigenvalue weighted by atomic mass is 10.0. The van der Waals surface area contributed by atoms with Crippen LogP contribution in [0.2, 0.25) is 0 Å². The highest BCUT2D eigenvalue weighted by atomic mass is 16.6. The van der Waals surface area contributed by atoms with Crippen LogP contribution in [0.25, 0.3) is 0 Å². The molecule has 6 heteroatoms. The smallest absolute Gasteiger partial charge is 0.306 e. The molecule has 0 aliphatic rings. The van der Waals surface area contributed by atoms with Gasteiger partial charge in [0.2, 0.25) is 0 Å². The van der Waals surface area contributed by atoms with Gasteiger partial charge in [-0.3, -0.25) is 14.4 Å². The molecule has 0 rings (SSSR count). The summed E-state index contributed by atoms with van der Waals surface area (Å²) in [4.78, 5) is 38.3. The molecule has 0 aromatic carbocycles. The maximum Gasteiger partial charge on any atom is 0.306 e. The molecule has 0 spiro atoms. The average molecular weight is 990 g/mol. The minimum absolute atomic E-state index is 0.0628. The summed E-state index contributed by atoms with van der Waals surface area (Å²) >= 11 is 0. The number of hydrogen-bond donors (Lipinski definition) is 0. The Hall–Kier alpha value is -1.59. The van der Waals surface area contributed by atoms with Gasteiger partial charge in [-0.25, -0.2) is 0 Å². The lowest BCUT2D eigenvalue weighted by molar-refractivity contribution is -0.167. The first kappa shape index (κ1) is 68.4. The fourth-order valence-electron chi connectivity index (χ4n) is 9.88. The Bertz CT molecular complexity index is 1090. The first-order valence-electron chi connectivity index (χ1n) is 31.6. The summed E-state index contributed by atoms with van der Waals surface area (Å²) in [6.45, 7) is 13.8. The maximum atomic E-state index is 12.9. The van der Waals surface area contributed by atoms with E-state index in [-0.39, 0.29) is 31.1 Å². The Morgan fingerprint density at radius 3 is 0.614 bits per heavy atom. The van der Waals surface area contributed by atoms with Gasteiger partial charge in [0.05, 0.1) is 0 Å². The Balaban J connectivity index is 4.25. The van der Waals surface area contributed by atoms with Crippen LogP contribution in [0.5, 0.6) is 0 Å². The van der Waals surface area contributed by atoms with E-state index >= 15 is 0 Å². The molecule has 1 atom stereocenters. The molecule has 0 saturated carbocycles. The van der Waals surface area contributed by atoms with E-state index in [1.165, 1.54) is 238 Å². The molecule has 70 heavy (non-hydrogen) atoms. The predicted molar refractivity (Wildman–Crippen MR) is 303 cm³/mol. The van der Waals surface area contributed by atoms with Crippen LogP contribution in [0.4, 0.5) is 0 Å². The Morgan fingerprint density at radius 1 is 0.243 bits per heavy atom. The van der Waals surface area contributed by atoms with Crippen LogP contribution >= 0.6 is 0 Å². The van der Waals surface area contributed by atoms with Crippen molar-refractivity contribution in [3.05, 3.63) is 0 Å². The summed E-state index contributed by atoms with van der Waals surface area (Å²) in [5.74, 6) is 1.69. The maximum absolute atomic E-state index is 12.9. The summed E-state index contributed by atoms with van der Waals surface area (Å²) in [5.41, 5.74) is 0. The molecule has 0 unspecified atom stereocenters. The predicted octanol–water partition coefficient (Wildman–Crippen LogP) is 21.1. The Morgan fingerprint density at radius 2 is 0.414 bits per heavy atom. The van der Waals surface area contributed by atoms with Crippen LogP contribution in [0.15, 0.2) is 0 Å². The molecule has 0 saturated heterocycles. The number of hydrogen-bond acceptors (Lipinski definition) is 6. The lowest BCUT2D eigenvalue weighted by Crippen LogP contribution is -2.30. The van der Waals surface area contributed by atoms with Gasteiger partial charge in [0.1, 0.15) is 13.2 Å². The van der Waals surface area contributed by atoms with E-state index in [1.807, 2.05) is 0 Å². The van der Waals surface area contributed by atoms with Crippen LogP contribution in [-0.4, -0.2) is 37.2 Å². The van der Waals surface area contributed by atoms with Crippen molar-refractivity contribution in [3.8, 4) is 0 Å². The van der Waals surface area contributed by atoms with E-state index in [0.717, 1.165) is 75.5 Å². The van der Waals surface area contributed by atoms with E-state index in [2.05, 4.69) is 41.5 Å². The fraction of sp³-hybridized carbons (Fsp3) is 0.953. The minimum atomic E-state index is -0.764. The van der Waals surface area contributed by atoms with Crippen LogP contribution in [0, 0.1) is 17.8 Å². The summed E-state index contributed by atoms with van der Waals surface area (Å²) in [6.07, 6.45) is 59.6. The van der Waals surface area contributed by atoms with E-state index < -0.39 is 6.10 Å². The minimum Gasteiger partial charge on any atom is -0.462 e. The third-order valence-corrected chi connectivity index (χ3v) is 14.6. The summed E-state index contributed by atoms with van der Waals surface area (Å²) in [7, 11) is 0. The van der Waals surface area contributed by atoms with Gasteiger partial charge in [-0.05, 0) is 37.0 Å². The highest BCUT2D eigenvalue weighted by Crippen LogP contribution is 2.19. The normalized spacial score (nSPS) is 12.1. The van der Waals surface area contributed by atoms with Crippen molar-refractivity contribution in [1.29, 1.82) is 0 Å². The van der Waals surface area contributed by atoms with Gasteiger partial charge in [-0.1, -0.05) is 318 Å². The van der Waals surface area contributed by atoms with Gasteiger partial charge in [-0.2, -0.15) is 0 Å². The average Bonchev–Trinajstić information content (AvgIpc) is 3.32. The van der Waals surface area contributed by atoms with Gasteiger partial charge in [0.25, 0.3) is 0 Å². The van der Waals surface area contributed by atoms with Crippen LogP contribution in [-0.2, 0) is 28.6 Å². The zero-order chi connectivity index (χ0) is 51.2. The monoisotopic (exact) mass is 989 g/mol. The third-order valence-electron chi connectivity index (χ3n) is 14.6. The summed E-state index contributed by atoms with van der Waals surface area (Å²) < 4.78 is 16.9. The number of carbonyl (C=O) groups is 3. The van der Waals surface area contributed by atoms with Crippen molar-refractivity contribution in [1.82, 2.24) is 0 Å². The van der Waals surface area contributed by atoms with Crippen molar-refractivity contribution in [2.45, 2.75) is 362 Å². The number of carbonyl (C=O) groups excluding carboxylic acids is 3. The van der Waals surface area contributed by atoms with E-state index in [4.69, 9.17) is 14.2 Å². The summed E-state index contributed by atoms with van der Waals surface area (Å²) in [6, 6.07) is 0. The second kappa shape index (κ2) is 55.2. The van der Waals surface area contributed by atoms with E-state index in [1.54, 1.807) is 0 Å². The van der Waals surface area contributed by atoms with Crippen molar-refractivity contribution in [3.63, 3.8) is 0 Å².